The van der Waals surface area contributed by atoms with Gasteiger partial charge < -0.3 is 5.73 Å². The third-order valence-corrected chi connectivity index (χ3v) is 2.51. The summed E-state index contributed by atoms with van der Waals surface area (Å²) in [6.45, 7) is 0.480. The zero-order chi connectivity index (χ0) is 13.2. The van der Waals surface area contributed by atoms with Crippen molar-refractivity contribution < 1.29 is 13.2 Å². The van der Waals surface area contributed by atoms with E-state index < -0.39 is 11.7 Å². The van der Waals surface area contributed by atoms with Gasteiger partial charge in [0.2, 0.25) is 0 Å². The molecule has 0 saturated carbocycles. The fraction of sp³-hybridized carbons (Fsp3) is 0.250. The Morgan fingerprint density at radius 2 is 2.06 bits per heavy atom. The molecule has 2 aromatic rings. The van der Waals surface area contributed by atoms with Crippen LogP contribution in [0.2, 0.25) is 0 Å². The van der Waals surface area contributed by atoms with E-state index in [0.29, 0.717) is 18.7 Å². The first-order valence-corrected chi connectivity index (χ1v) is 5.42. The minimum Gasteiger partial charge on any atom is -0.330 e. The van der Waals surface area contributed by atoms with E-state index in [9.17, 15) is 13.2 Å². The molecule has 0 aliphatic rings. The number of nitrogens with zero attached hydrogens (tertiary/aromatic N) is 2. The summed E-state index contributed by atoms with van der Waals surface area (Å²) in [5.74, 6) is 0. The lowest BCUT2D eigenvalue weighted by Gasteiger charge is -2.08. The second-order valence-corrected chi connectivity index (χ2v) is 3.88. The molecule has 0 radical (unpaired) electrons. The van der Waals surface area contributed by atoms with Gasteiger partial charge in [0, 0.05) is 6.20 Å². The van der Waals surface area contributed by atoms with E-state index in [0.717, 1.165) is 17.7 Å². The summed E-state index contributed by atoms with van der Waals surface area (Å²) in [6, 6.07) is 5.05. The van der Waals surface area contributed by atoms with Crippen LogP contribution in [0.15, 0.2) is 36.7 Å². The van der Waals surface area contributed by atoms with Crippen LogP contribution in [0.3, 0.4) is 0 Å². The maximum Gasteiger partial charge on any atom is 0.416 e. The predicted octanol–water partition coefficient (Wildman–Crippen LogP) is 2.39. The van der Waals surface area contributed by atoms with Gasteiger partial charge in [-0.05, 0) is 36.7 Å². The molecule has 0 spiro atoms. The molecule has 1 aromatic carbocycles. The SMILES string of the molecule is NCCc1cnn(-c2cccc(C(F)(F)F)c2)c1. The summed E-state index contributed by atoms with van der Waals surface area (Å²) in [4.78, 5) is 0. The van der Waals surface area contributed by atoms with Gasteiger partial charge in [0.1, 0.15) is 0 Å². The van der Waals surface area contributed by atoms with Gasteiger partial charge in [-0.1, -0.05) is 6.07 Å². The van der Waals surface area contributed by atoms with E-state index in [2.05, 4.69) is 5.10 Å². The van der Waals surface area contributed by atoms with Gasteiger partial charge in [-0.2, -0.15) is 18.3 Å². The molecular formula is C12H12F3N3. The second-order valence-electron chi connectivity index (χ2n) is 3.88. The van der Waals surface area contributed by atoms with E-state index in [1.807, 2.05) is 0 Å². The normalized spacial score (nSPS) is 11.8. The Kier molecular flexibility index (Phi) is 3.38. The number of nitrogens with two attached hydrogens (primary N) is 1. The molecule has 0 amide bonds. The highest BCUT2D eigenvalue weighted by atomic mass is 19.4. The van der Waals surface area contributed by atoms with Gasteiger partial charge in [0.25, 0.3) is 0 Å². The molecule has 2 N–H and O–H groups in total. The van der Waals surface area contributed by atoms with Crippen molar-refractivity contribution in [3.05, 3.63) is 47.8 Å². The number of benzene rings is 1. The zero-order valence-electron chi connectivity index (χ0n) is 9.48. The number of rotatable bonds is 3. The number of hydrogen-bond donors (Lipinski definition) is 1. The van der Waals surface area contributed by atoms with Crippen LogP contribution < -0.4 is 5.73 Å². The molecule has 2 rings (SSSR count). The van der Waals surface area contributed by atoms with Crippen molar-refractivity contribution in [2.24, 2.45) is 5.73 Å². The van der Waals surface area contributed by atoms with Crippen LogP contribution in [0.4, 0.5) is 13.2 Å². The number of alkyl halides is 3. The summed E-state index contributed by atoms with van der Waals surface area (Å²) in [7, 11) is 0. The minimum absolute atomic E-state index is 0.382. The van der Waals surface area contributed by atoms with Gasteiger partial charge in [-0.15, -0.1) is 0 Å². The van der Waals surface area contributed by atoms with Crippen LogP contribution >= 0.6 is 0 Å². The third kappa shape index (κ3) is 2.70. The molecule has 0 atom stereocenters. The largest absolute Gasteiger partial charge is 0.416 e. The lowest BCUT2D eigenvalue weighted by atomic mass is 10.2. The van der Waals surface area contributed by atoms with Crippen molar-refractivity contribution in [2.75, 3.05) is 6.54 Å². The fourth-order valence-electron chi connectivity index (χ4n) is 1.62. The first-order valence-electron chi connectivity index (χ1n) is 5.42. The average Bonchev–Trinajstić information content (AvgIpc) is 2.77. The van der Waals surface area contributed by atoms with Crippen LogP contribution in [0, 0.1) is 0 Å². The zero-order valence-corrected chi connectivity index (χ0v) is 9.48. The number of halogens is 3. The maximum atomic E-state index is 12.6. The van der Waals surface area contributed by atoms with Crippen molar-refractivity contribution in [2.45, 2.75) is 12.6 Å². The number of aromatic nitrogens is 2. The maximum absolute atomic E-state index is 12.6. The Bertz CT molecular complexity index is 531. The van der Waals surface area contributed by atoms with Crippen LogP contribution in [0.5, 0.6) is 0 Å². The first-order chi connectivity index (χ1) is 8.50. The van der Waals surface area contributed by atoms with Crippen molar-refractivity contribution in [3.8, 4) is 5.69 Å². The summed E-state index contributed by atoms with van der Waals surface area (Å²) in [5, 5.41) is 4.02. The van der Waals surface area contributed by atoms with Gasteiger partial charge in [0.05, 0.1) is 17.4 Å². The first kappa shape index (κ1) is 12.6. The van der Waals surface area contributed by atoms with Crippen LogP contribution in [-0.4, -0.2) is 16.3 Å². The molecule has 3 nitrogen and oxygen atoms in total. The van der Waals surface area contributed by atoms with E-state index >= 15 is 0 Å². The van der Waals surface area contributed by atoms with Gasteiger partial charge in [0.15, 0.2) is 0 Å². The quantitative estimate of drug-likeness (QED) is 0.915. The molecule has 0 saturated heterocycles. The molecule has 1 heterocycles. The van der Waals surface area contributed by atoms with E-state index in [4.69, 9.17) is 5.73 Å². The summed E-state index contributed by atoms with van der Waals surface area (Å²) in [6.07, 6.45) is -0.405. The molecule has 6 heteroatoms. The monoisotopic (exact) mass is 255 g/mol. The highest BCUT2D eigenvalue weighted by molar-refractivity contribution is 5.36. The predicted molar refractivity (Wildman–Crippen MR) is 61.3 cm³/mol. The van der Waals surface area contributed by atoms with Crippen LogP contribution in [0.25, 0.3) is 5.69 Å². The number of hydrogen-bond acceptors (Lipinski definition) is 2. The van der Waals surface area contributed by atoms with Crippen molar-refractivity contribution >= 4 is 0 Å². The molecule has 0 fully saturated rings. The third-order valence-electron chi connectivity index (χ3n) is 2.51. The Labute approximate surface area is 102 Å². The van der Waals surface area contributed by atoms with Crippen molar-refractivity contribution in [1.82, 2.24) is 9.78 Å². The Morgan fingerprint density at radius 1 is 1.28 bits per heavy atom. The van der Waals surface area contributed by atoms with Gasteiger partial charge in [-0.3, -0.25) is 0 Å². The molecular weight excluding hydrogens is 243 g/mol. The molecule has 0 aliphatic carbocycles. The lowest BCUT2D eigenvalue weighted by molar-refractivity contribution is -0.137. The standard InChI is InChI=1S/C12H12F3N3/c13-12(14,15)10-2-1-3-11(6-10)18-8-9(4-5-16)7-17-18/h1-3,6-8H,4-5,16H2. The summed E-state index contributed by atoms with van der Waals surface area (Å²) < 4.78 is 39.1. The second kappa shape index (κ2) is 4.81. The minimum atomic E-state index is -4.34. The Balaban J connectivity index is 2.32. The summed E-state index contributed by atoms with van der Waals surface area (Å²) >= 11 is 0. The van der Waals surface area contributed by atoms with Gasteiger partial charge in [-0.25, -0.2) is 4.68 Å². The van der Waals surface area contributed by atoms with Crippen LogP contribution in [-0.2, 0) is 12.6 Å². The molecule has 96 valence electrons. The summed E-state index contributed by atoms with van der Waals surface area (Å²) in [5.41, 5.74) is 6.00. The van der Waals surface area contributed by atoms with E-state index in [1.54, 1.807) is 18.5 Å². The van der Waals surface area contributed by atoms with E-state index in [1.165, 1.54) is 10.7 Å². The highest BCUT2D eigenvalue weighted by Crippen LogP contribution is 2.30. The van der Waals surface area contributed by atoms with Crippen molar-refractivity contribution in [1.29, 1.82) is 0 Å². The van der Waals surface area contributed by atoms with E-state index in [-0.39, 0.29) is 0 Å². The Morgan fingerprint density at radius 3 is 2.72 bits per heavy atom. The average molecular weight is 255 g/mol. The smallest absolute Gasteiger partial charge is 0.330 e. The Hall–Kier alpha value is -1.82. The molecule has 18 heavy (non-hydrogen) atoms. The van der Waals surface area contributed by atoms with Gasteiger partial charge >= 0.3 is 6.18 Å². The lowest BCUT2D eigenvalue weighted by Crippen LogP contribution is -2.06. The highest BCUT2D eigenvalue weighted by Gasteiger charge is 2.30. The van der Waals surface area contributed by atoms with Crippen LogP contribution in [0.1, 0.15) is 11.1 Å². The molecule has 0 unspecified atom stereocenters. The fourth-order valence-corrected chi connectivity index (χ4v) is 1.62. The topological polar surface area (TPSA) is 43.8 Å². The molecule has 0 bridgehead atoms. The molecule has 0 aliphatic heterocycles. The molecule has 1 aromatic heterocycles. The van der Waals surface area contributed by atoms with Crippen molar-refractivity contribution in [3.63, 3.8) is 0 Å².